The van der Waals surface area contributed by atoms with Crippen molar-refractivity contribution in [1.82, 2.24) is 4.90 Å². The van der Waals surface area contributed by atoms with Gasteiger partial charge in [-0.15, -0.1) is 0 Å². The highest BCUT2D eigenvalue weighted by Gasteiger charge is 2.27. The fourth-order valence-electron chi connectivity index (χ4n) is 6.24. The van der Waals surface area contributed by atoms with Gasteiger partial charge in [0.15, 0.2) is 0 Å². The molecule has 48 heavy (non-hydrogen) atoms. The van der Waals surface area contributed by atoms with Crippen LogP contribution in [0.25, 0.3) is 0 Å². The lowest BCUT2D eigenvalue weighted by Crippen LogP contribution is -2.36. The number of carbonyl (C=O) groups excluding carboxylic acids is 3. The zero-order valence-electron chi connectivity index (χ0n) is 27.3. The van der Waals surface area contributed by atoms with Crippen molar-refractivity contribution in [2.75, 3.05) is 37.0 Å². The summed E-state index contributed by atoms with van der Waals surface area (Å²) in [5.41, 5.74) is 5.65. The number of ether oxygens (including phenoxy) is 1. The number of carbonyl (C=O) groups is 2. The third kappa shape index (κ3) is 7.62. The van der Waals surface area contributed by atoms with Gasteiger partial charge in [-0.05, 0) is 91.8 Å². The molecule has 2 amide bonds. The highest BCUT2D eigenvalue weighted by Crippen LogP contribution is 2.36. The van der Waals surface area contributed by atoms with Gasteiger partial charge in [0, 0.05) is 60.7 Å². The molecule has 0 atom stereocenters. The molecule has 0 unspecified atom stereocenters. The summed E-state index contributed by atoms with van der Waals surface area (Å²) in [6, 6.07) is 25.9. The second-order valence-electron chi connectivity index (χ2n) is 11.8. The van der Waals surface area contributed by atoms with Crippen molar-refractivity contribution < 1.29 is 24.0 Å². The molecular formula is C38H38N4O6. The quantitative estimate of drug-likeness (QED) is 0.105. The third-order valence-corrected chi connectivity index (χ3v) is 8.93. The molecule has 5 rings (SSSR count). The van der Waals surface area contributed by atoms with Crippen molar-refractivity contribution >= 4 is 34.8 Å². The van der Waals surface area contributed by atoms with Gasteiger partial charge in [-0.25, -0.2) is 4.79 Å². The van der Waals surface area contributed by atoms with Crippen LogP contribution in [0.1, 0.15) is 62.6 Å². The monoisotopic (exact) mass is 646 g/mol. The molecule has 0 radical (unpaired) electrons. The number of piperidine rings is 1. The molecule has 10 nitrogen and oxygen atoms in total. The van der Waals surface area contributed by atoms with Gasteiger partial charge in [0.25, 0.3) is 17.5 Å². The molecule has 0 bridgehead atoms. The fourth-order valence-corrected chi connectivity index (χ4v) is 6.24. The van der Waals surface area contributed by atoms with E-state index in [-0.39, 0.29) is 36.0 Å². The topological polar surface area (TPSA) is 122 Å². The molecule has 0 saturated carbocycles. The van der Waals surface area contributed by atoms with Gasteiger partial charge in [0.05, 0.1) is 12.0 Å². The van der Waals surface area contributed by atoms with Crippen LogP contribution in [0.3, 0.4) is 0 Å². The summed E-state index contributed by atoms with van der Waals surface area (Å²) in [4.78, 5) is 53.3. The Morgan fingerprint density at radius 2 is 1.67 bits per heavy atom. The van der Waals surface area contributed by atoms with E-state index < -0.39 is 10.8 Å². The van der Waals surface area contributed by atoms with Crippen molar-refractivity contribution in [2.45, 2.75) is 39.0 Å². The van der Waals surface area contributed by atoms with E-state index in [1.165, 1.54) is 23.8 Å². The summed E-state index contributed by atoms with van der Waals surface area (Å²) in [6.45, 7) is 5.49. The van der Waals surface area contributed by atoms with E-state index in [9.17, 15) is 24.5 Å². The van der Waals surface area contributed by atoms with Gasteiger partial charge in [-0.3, -0.25) is 19.7 Å². The smallest absolute Gasteiger partial charge is 0.270 e. The number of benzene rings is 4. The van der Waals surface area contributed by atoms with E-state index in [0.717, 1.165) is 29.7 Å². The number of rotatable bonds is 11. The molecule has 1 aliphatic rings. The van der Waals surface area contributed by atoms with Crippen LogP contribution in [0, 0.1) is 24.0 Å². The Labute approximate surface area is 279 Å². The van der Waals surface area contributed by atoms with Crippen molar-refractivity contribution in [3.05, 3.63) is 135 Å². The predicted molar refractivity (Wildman–Crippen MR) is 185 cm³/mol. The van der Waals surface area contributed by atoms with Gasteiger partial charge >= 0.3 is 0 Å². The van der Waals surface area contributed by atoms with E-state index in [0.29, 0.717) is 35.8 Å². The average Bonchev–Trinajstić information content (AvgIpc) is 3.12. The van der Waals surface area contributed by atoms with Gasteiger partial charge in [0.1, 0.15) is 17.4 Å². The zero-order valence-corrected chi connectivity index (χ0v) is 27.3. The lowest BCUT2D eigenvalue weighted by atomic mass is 9.85. The molecule has 1 fully saturated rings. The maximum atomic E-state index is 13.6. The zero-order chi connectivity index (χ0) is 34.2. The number of methoxy groups -OCH3 is 1. The molecular weight excluding hydrogens is 608 g/mol. The molecule has 4 aromatic carbocycles. The molecule has 0 aromatic heterocycles. The van der Waals surface area contributed by atoms with Gasteiger partial charge in [0.2, 0.25) is 0 Å². The second-order valence-corrected chi connectivity index (χ2v) is 11.8. The summed E-state index contributed by atoms with van der Waals surface area (Å²) >= 11 is 0. The van der Waals surface area contributed by atoms with Crippen LogP contribution in [0.2, 0.25) is 0 Å². The first-order chi connectivity index (χ1) is 23.2. The molecule has 10 heteroatoms. The van der Waals surface area contributed by atoms with Gasteiger partial charge in [-0.2, -0.15) is 0 Å². The van der Waals surface area contributed by atoms with Crippen LogP contribution in [0.5, 0.6) is 5.75 Å². The Bertz CT molecular complexity index is 1840. The van der Waals surface area contributed by atoms with Gasteiger partial charge in [-0.1, -0.05) is 36.4 Å². The van der Waals surface area contributed by atoms with E-state index in [1.807, 2.05) is 43.0 Å². The second kappa shape index (κ2) is 15.2. The van der Waals surface area contributed by atoms with E-state index >= 15 is 0 Å². The number of para-hydroxylation sites is 1. The maximum absolute atomic E-state index is 13.6. The van der Waals surface area contributed by atoms with E-state index in [2.05, 4.69) is 17.3 Å². The molecule has 246 valence electrons. The third-order valence-electron chi connectivity index (χ3n) is 8.93. The largest absolute Gasteiger partial charge is 0.497 e. The van der Waals surface area contributed by atoms with Crippen LogP contribution >= 0.6 is 0 Å². The van der Waals surface area contributed by atoms with Crippen LogP contribution in [0.15, 0.2) is 96.7 Å². The number of nitro groups is 1. The minimum atomic E-state index is -0.530. The lowest BCUT2D eigenvalue weighted by Gasteiger charge is -2.35. The SMILES string of the molecule is COc1ccc(C(=O)Nc2c(C)ccc(C3CCN(C(=C=O)CCN(C(=O)c4cccc([N+](=O)[O-])c4)c4ccccc4)CC3)c2C)cc1. The van der Waals surface area contributed by atoms with E-state index in [1.54, 1.807) is 54.5 Å². The first-order valence-corrected chi connectivity index (χ1v) is 15.9. The summed E-state index contributed by atoms with van der Waals surface area (Å²) in [6.07, 6.45) is 1.88. The van der Waals surface area contributed by atoms with Crippen molar-refractivity contribution in [2.24, 2.45) is 0 Å². The molecule has 1 saturated heterocycles. The standard InChI is InChI=1S/C38H38N4O6/c1-26-12-17-35(27(2)36(26)39-37(44)29-13-15-34(48-3)16-14-29)28-18-21-40(22-19-28)33(25-43)20-23-41(31-9-5-4-6-10-31)38(45)30-8-7-11-32(24-30)42(46)47/h4-17,24,28H,18-23H2,1-3H3,(H,39,44). The number of anilines is 2. The normalized spacial score (nSPS) is 12.9. The number of nitro benzene ring substituents is 1. The Balaban J connectivity index is 1.25. The Kier molecular flexibility index (Phi) is 10.7. The number of likely N-dealkylation sites (tertiary alicyclic amines) is 1. The molecule has 1 N–H and O–H groups in total. The molecule has 1 aliphatic heterocycles. The first-order valence-electron chi connectivity index (χ1n) is 15.9. The van der Waals surface area contributed by atoms with Crippen molar-refractivity contribution in [1.29, 1.82) is 0 Å². The molecule has 0 spiro atoms. The van der Waals surface area contributed by atoms with E-state index in [4.69, 9.17) is 4.74 Å². The number of non-ortho nitro benzene ring substituents is 1. The Morgan fingerprint density at radius 3 is 2.31 bits per heavy atom. The number of hydrogen-bond acceptors (Lipinski definition) is 7. The summed E-state index contributed by atoms with van der Waals surface area (Å²) in [5, 5.41) is 14.4. The first kappa shape index (κ1) is 33.6. The number of hydrogen-bond donors (Lipinski definition) is 1. The molecule has 1 heterocycles. The van der Waals surface area contributed by atoms with Crippen molar-refractivity contribution in [3.8, 4) is 5.75 Å². The minimum Gasteiger partial charge on any atom is -0.497 e. The summed E-state index contributed by atoms with van der Waals surface area (Å²) < 4.78 is 5.20. The maximum Gasteiger partial charge on any atom is 0.270 e. The molecule has 0 aliphatic carbocycles. The fraction of sp³-hybridized carbons (Fsp3) is 0.263. The highest BCUT2D eigenvalue weighted by atomic mass is 16.6. The highest BCUT2D eigenvalue weighted by molar-refractivity contribution is 6.06. The number of nitrogens with one attached hydrogen (secondary N) is 1. The van der Waals surface area contributed by atoms with Crippen LogP contribution in [0.4, 0.5) is 17.1 Å². The van der Waals surface area contributed by atoms with Crippen LogP contribution < -0.4 is 15.0 Å². The van der Waals surface area contributed by atoms with Crippen molar-refractivity contribution in [3.63, 3.8) is 0 Å². The van der Waals surface area contributed by atoms with Crippen LogP contribution in [-0.2, 0) is 4.79 Å². The predicted octanol–water partition coefficient (Wildman–Crippen LogP) is 7.10. The summed E-state index contributed by atoms with van der Waals surface area (Å²) in [5.74, 6) is 2.46. The Morgan fingerprint density at radius 1 is 0.958 bits per heavy atom. The summed E-state index contributed by atoms with van der Waals surface area (Å²) in [7, 11) is 1.58. The number of amides is 2. The lowest BCUT2D eigenvalue weighted by molar-refractivity contribution is -0.384. The molecule has 4 aromatic rings. The minimum absolute atomic E-state index is 0.166. The average molecular weight is 647 g/mol. The number of aryl methyl sites for hydroxylation is 1. The van der Waals surface area contributed by atoms with Gasteiger partial charge < -0.3 is 19.9 Å². The Hall–Kier alpha value is -5.73. The number of nitrogens with zero attached hydrogens (tertiary/aromatic N) is 3. The van der Waals surface area contributed by atoms with Crippen LogP contribution in [-0.4, -0.2) is 54.3 Å².